The van der Waals surface area contributed by atoms with E-state index in [1.54, 1.807) is 24.5 Å². The van der Waals surface area contributed by atoms with E-state index in [-0.39, 0.29) is 11.8 Å². The number of amides is 2. The fourth-order valence-electron chi connectivity index (χ4n) is 2.83. The number of carbonyl (C=O) groups is 2. The fraction of sp³-hybridized carbons (Fsp3) is 0.474. The van der Waals surface area contributed by atoms with Gasteiger partial charge in [-0.3, -0.25) is 19.5 Å². The Hall–Kier alpha value is -2.32. The molecule has 7 nitrogen and oxygen atoms in total. The van der Waals surface area contributed by atoms with Gasteiger partial charge in [0.1, 0.15) is 0 Å². The number of aromatic nitrogens is 2. The highest BCUT2D eigenvalue weighted by atomic mass is 32.1. The van der Waals surface area contributed by atoms with Gasteiger partial charge in [-0.15, -0.1) is 11.3 Å². The third-order valence-electron chi connectivity index (χ3n) is 4.76. The maximum Gasteiger partial charge on any atom is 0.284 e. The molecule has 27 heavy (non-hydrogen) atoms. The summed E-state index contributed by atoms with van der Waals surface area (Å²) in [5.41, 5.74) is 1.64. The average Bonchev–Trinajstić information content (AvgIpc) is 2.95. The Morgan fingerprint density at radius 2 is 1.96 bits per heavy atom. The smallest absolute Gasteiger partial charge is 0.284 e. The molecule has 8 heteroatoms. The number of fused-ring (bicyclic) bond motifs is 1. The van der Waals surface area contributed by atoms with Crippen LogP contribution in [0.15, 0.2) is 24.5 Å². The van der Waals surface area contributed by atoms with Gasteiger partial charge in [-0.2, -0.15) is 0 Å². The van der Waals surface area contributed by atoms with E-state index >= 15 is 0 Å². The molecule has 0 saturated heterocycles. The highest BCUT2D eigenvalue weighted by molar-refractivity contribution is 7.13. The van der Waals surface area contributed by atoms with Crippen molar-refractivity contribution < 1.29 is 9.59 Å². The normalized spacial score (nSPS) is 14.2. The summed E-state index contributed by atoms with van der Waals surface area (Å²) in [7, 11) is 1.96. The molecule has 144 valence electrons. The molecular weight excluding hydrogens is 362 g/mol. The van der Waals surface area contributed by atoms with Gasteiger partial charge < -0.3 is 10.2 Å². The van der Waals surface area contributed by atoms with E-state index in [9.17, 15) is 9.59 Å². The predicted molar refractivity (Wildman–Crippen MR) is 106 cm³/mol. The molecule has 2 amide bonds. The molecule has 0 atom stereocenters. The van der Waals surface area contributed by atoms with Crippen molar-refractivity contribution in [3.63, 3.8) is 0 Å². The number of nitrogens with zero attached hydrogens (tertiary/aromatic N) is 4. The van der Waals surface area contributed by atoms with Crippen LogP contribution in [0.4, 0.5) is 5.69 Å². The maximum atomic E-state index is 12.5. The Labute approximate surface area is 163 Å². The minimum atomic E-state index is -0.203. The van der Waals surface area contributed by atoms with Crippen molar-refractivity contribution in [2.24, 2.45) is 0 Å². The van der Waals surface area contributed by atoms with E-state index in [0.717, 1.165) is 17.0 Å². The van der Waals surface area contributed by atoms with Crippen molar-refractivity contribution in [1.29, 1.82) is 0 Å². The van der Waals surface area contributed by atoms with E-state index in [0.29, 0.717) is 42.8 Å². The van der Waals surface area contributed by atoms with Gasteiger partial charge in [-0.1, -0.05) is 0 Å². The SMILES string of the molecule is CC(C)N(C)CC(=O)N1CCc2nc(C(=O)Nc3ccncc3)sc2CC1. The summed E-state index contributed by atoms with van der Waals surface area (Å²) in [5, 5.41) is 3.31. The predicted octanol–water partition coefficient (Wildman–Crippen LogP) is 2.06. The monoisotopic (exact) mass is 387 g/mol. The van der Waals surface area contributed by atoms with Crippen LogP contribution in [0.2, 0.25) is 0 Å². The molecule has 1 N–H and O–H groups in total. The second kappa shape index (κ2) is 8.58. The molecule has 0 aliphatic carbocycles. The third-order valence-corrected chi connectivity index (χ3v) is 5.91. The van der Waals surface area contributed by atoms with Crippen LogP contribution in [0.1, 0.15) is 34.2 Å². The van der Waals surface area contributed by atoms with Gasteiger partial charge in [0.05, 0.1) is 12.2 Å². The van der Waals surface area contributed by atoms with E-state index in [1.807, 2.05) is 16.8 Å². The van der Waals surface area contributed by atoms with Crippen LogP contribution >= 0.6 is 11.3 Å². The van der Waals surface area contributed by atoms with Gasteiger partial charge in [0.2, 0.25) is 5.91 Å². The molecule has 0 saturated carbocycles. The molecule has 1 aliphatic heterocycles. The molecule has 2 aromatic heterocycles. The third kappa shape index (κ3) is 4.90. The van der Waals surface area contributed by atoms with Crippen molar-refractivity contribution >= 4 is 28.8 Å². The van der Waals surface area contributed by atoms with Gasteiger partial charge in [0, 0.05) is 54.9 Å². The summed E-state index contributed by atoms with van der Waals surface area (Å²) in [4.78, 5) is 38.5. The van der Waals surface area contributed by atoms with Crippen LogP contribution in [0.3, 0.4) is 0 Å². The second-order valence-corrected chi connectivity index (χ2v) is 8.05. The Kier molecular flexibility index (Phi) is 6.18. The number of hydrogen-bond acceptors (Lipinski definition) is 6. The molecular formula is C19H25N5O2S. The molecule has 0 unspecified atom stereocenters. The summed E-state index contributed by atoms with van der Waals surface area (Å²) in [6, 6.07) is 3.83. The van der Waals surface area contributed by atoms with Gasteiger partial charge in [0.15, 0.2) is 5.01 Å². The van der Waals surface area contributed by atoms with E-state index in [2.05, 4.69) is 29.1 Å². The first-order valence-electron chi connectivity index (χ1n) is 9.12. The lowest BCUT2D eigenvalue weighted by Crippen LogP contribution is -2.42. The summed E-state index contributed by atoms with van der Waals surface area (Å²) in [5.74, 6) is -0.0530. The minimum absolute atomic E-state index is 0.150. The lowest BCUT2D eigenvalue weighted by Gasteiger charge is -2.26. The van der Waals surface area contributed by atoms with Crippen molar-refractivity contribution in [1.82, 2.24) is 19.8 Å². The highest BCUT2D eigenvalue weighted by Gasteiger charge is 2.24. The molecule has 3 heterocycles. The van der Waals surface area contributed by atoms with Crippen molar-refractivity contribution in [3.8, 4) is 0 Å². The van der Waals surface area contributed by atoms with Crippen LogP contribution in [0.25, 0.3) is 0 Å². The number of carbonyl (C=O) groups excluding carboxylic acids is 2. The molecule has 0 radical (unpaired) electrons. The Balaban J connectivity index is 1.61. The highest BCUT2D eigenvalue weighted by Crippen LogP contribution is 2.24. The minimum Gasteiger partial charge on any atom is -0.341 e. The second-order valence-electron chi connectivity index (χ2n) is 6.97. The summed E-state index contributed by atoms with van der Waals surface area (Å²) < 4.78 is 0. The summed E-state index contributed by atoms with van der Waals surface area (Å²) in [6.45, 7) is 5.90. The van der Waals surface area contributed by atoms with E-state index in [4.69, 9.17) is 0 Å². The number of nitrogens with one attached hydrogen (secondary N) is 1. The number of anilines is 1. The number of likely N-dealkylation sites (N-methyl/N-ethyl adjacent to an activating group) is 1. The molecule has 3 rings (SSSR count). The lowest BCUT2D eigenvalue weighted by atomic mass is 10.2. The van der Waals surface area contributed by atoms with Crippen LogP contribution < -0.4 is 5.32 Å². The van der Waals surface area contributed by atoms with E-state index < -0.39 is 0 Å². The largest absolute Gasteiger partial charge is 0.341 e. The zero-order valence-electron chi connectivity index (χ0n) is 15.9. The van der Waals surface area contributed by atoms with Crippen LogP contribution in [0, 0.1) is 0 Å². The molecule has 2 aromatic rings. The van der Waals surface area contributed by atoms with E-state index in [1.165, 1.54) is 11.3 Å². The summed E-state index contributed by atoms with van der Waals surface area (Å²) >= 11 is 1.42. The first kappa shape index (κ1) is 19.4. The fourth-order valence-corrected chi connectivity index (χ4v) is 3.82. The van der Waals surface area contributed by atoms with Crippen molar-refractivity contribution in [2.45, 2.75) is 32.7 Å². The van der Waals surface area contributed by atoms with Crippen LogP contribution in [0.5, 0.6) is 0 Å². The van der Waals surface area contributed by atoms with Gasteiger partial charge >= 0.3 is 0 Å². The quantitative estimate of drug-likeness (QED) is 0.850. The Morgan fingerprint density at radius 3 is 2.67 bits per heavy atom. The molecule has 0 aromatic carbocycles. The van der Waals surface area contributed by atoms with Crippen LogP contribution in [-0.2, 0) is 17.6 Å². The van der Waals surface area contributed by atoms with Crippen LogP contribution in [-0.4, -0.2) is 64.3 Å². The van der Waals surface area contributed by atoms with Gasteiger partial charge in [-0.05, 0) is 33.0 Å². The molecule has 1 aliphatic rings. The Bertz CT molecular complexity index is 780. The standard InChI is InChI=1S/C19H25N5O2S/c1-13(2)23(3)12-17(25)24-10-6-15-16(7-11-24)27-19(22-15)18(26)21-14-4-8-20-9-5-14/h4-5,8-9,13H,6-7,10-12H2,1-3H3,(H,20,21,26). The average molecular weight is 388 g/mol. The zero-order valence-corrected chi connectivity index (χ0v) is 16.8. The number of rotatable bonds is 5. The number of thiazole rings is 1. The number of pyridine rings is 1. The maximum absolute atomic E-state index is 12.5. The molecule has 0 fully saturated rings. The topological polar surface area (TPSA) is 78.4 Å². The Morgan fingerprint density at radius 1 is 1.26 bits per heavy atom. The number of hydrogen-bond donors (Lipinski definition) is 1. The first-order chi connectivity index (χ1) is 12.9. The summed E-state index contributed by atoms with van der Waals surface area (Å²) in [6.07, 6.45) is 4.70. The molecule has 0 bridgehead atoms. The zero-order chi connectivity index (χ0) is 19.4. The first-order valence-corrected chi connectivity index (χ1v) is 9.93. The van der Waals surface area contributed by atoms with Gasteiger partial charge in [-0.25, -0.2) is 4.98 Å². The van der Waals surface area contributed by atoms with Crippen molar-refractivity contribution in [3.05, 3.63) is 40.1 Å². The van der Waals surface area contributed by atoms with Gasteiger partial charge in [0.25, 0.3) is 5.91 Å². The van der Waals surface area contributed by atoms with Crippen molar-refractivity contribution in [2.75, 3.05) is 32.0 Å². The lowest BCUT2D eigenvalue weighted by molar-refractivity contribution is -0.132. The molecule has 0 spiro atoms.